The molecule has 1 atom stereocenters. The minimum atomic E-state index is -0.373. The van der Waals surface area contributed by atoms with E-state index in [0.717, 1.165) is 19.6 Å². The highest BCUT2D eigenvalue weighted by Crippen LogP contribution is 2.25. The lowest BCUT2D eigenvalue weighted by Gasteiger charge is -2.42. The Bertz CT molecular complexity index is 1060. The minimum absolute atomic E-state index is 0.0220. The van der Waals surface area contributed by atoms with Crippen molar-refractivity contribution in [2.45, 2.75) is 19.1 Å². The minimum Gasteiger partial charge on any atom is -0.345 e. The highest BCUT2D eigenvalue weighted by molar-refractivity contribution is 5.95. The molecule has 1 N–H and O–H groups in total. The van der Waals surface area contributed by atoms with Gasteiger partial charge in [-0.05, 0) is 17.2 Å². The van der Waals surface area contributed by atoms with Crippen molar-refractivity contribution < 1.29 is 9.59 Å². The summed E-state index contributed by atoms with van der Waals surface area (Å²) in [6.07, 6.45) is 2.23. The first-order valence-corrected chi connectivity index (χ1v) is 10.1. The summed E-state index contributed by atoms with van der Waals surface area (Å²) in [6, 6.07) is 18.6. The Hall–Kier alpha value is -3.12. The monoisotopic (exact) mass is 388 g/mol. The van der Waals surface area contributed by atoms with Crippen LogP contribution in [0.4, 0.5) is 0 Å². The highest BCUT2D eigenvalue weighted by atomic mass is 16.2. The van der Waals surface area contributed by atoms with Crippen LogP contribution in [0.25, 0.3) is 10.9 Å². The van der Waals surface area contributed by atoms with Gasteiger partial charge in [0.05, 0.1) is 6.54 Å². The molecule has 6 nitrogen and oxygen atoms in total. The number of nitrogens with zero attached hydrogens (tertiary/aromatic N) is 3. The number of aromatic nitrogens is 1. The summed E-state index contributed by atoms with van der Waals surface area (Å²) in [4.78, 5) is 28.4. The van der Waals surface area contributed by atoms with Crippen molar-refractivity contribution in [3.8, 4) is 0 Å². The molecule has 0 aliphatic carbocycles. The van der Waals surface area contributed by atoms with Crippen molar-refractivity contribution in [3.63, 3.8) is 0 Å². The highest BCUT2D eigenvalue weighted by Gasteiger charge is 2.38. The summed E-state index contributed by atoms with van der Waals surface area (Å²) in [6.45, 7) is 3.70. The van der Waals surface area contributed by atoms with Crippen LogP contribution in [-0.2, 0) is 22.7 Å². The van der Waals surface area contributed by atoms with Crippen LogP contribution < -0.4 is 5.32 Å². The first-order chi connectivity index (χ1) is 14.2. The normalized spacial score (nSPS) is 20.0. The Morgan fingerprint density at radius 2 is 1.72 bits per heavy atom. The van der Waals surface area contributed by atoms with E-state index in [1.165, 1.54) is 22.0 Å². The maximum absolute atomic E-state index is 12.3. The molecular formula is C23H24N4O2. The molecule has 148 valence electrons. The number of benzene rings is 2. The molecule has 0 spiro atoms. The number of rotatable bonds is 4. The molecule has 0 saturated carbocycles. The predicted octanol–water partition coefficient (Wildman–Crippen LogP) is 1.83. The van der Waals surface area contributed by atoms with Crippen LogP contribution in [0.2, 0.25) is 0 Å². The summed E-state index contributed by atoms with van der Waals surface area (Å²) in [7, 11) is 0. The fourth-order valence-corrected chi connectivity index (χ4v) is 4.49. The van der Waals surface area contributed by atoms with E-state index in [4.69, 9.17) is 0 Å². The van der Waals surface area contributed by atoms with Crippen molar-refractivity contribution in [1.82, 2.24) is 19.7 Å². The SMILES string of the molecule is O=C1NCC(=O)N2CCN(Cc3cn(Cc4ccccc4)c4ccccc34)CC12. The Morgan fingerprint density at radius 1 is 0.931 bits per heavy atom. The van der Waals surface area contributed by atoms with E-state index in [2.05, 4.69) is 69.5 Å². The maximum Gasteiger partial charge on any atom is 0.244 e. The van der Waals surface area contributed by atoms with Gasteiger partial charge in [0.1, 0.15) is 6.04 Å². The molecule has 0 radical (unpaired) electrons. The van der Waals surface area contributed by atoms with Gasteiger partial charge in [0.25, 0.3) is 0 Å². The molecule has 2 fully saturated rings. The lowest BCUT2D eigenvalue weighted by molar-refractivity contribution is -0.149. The fourth-order valence-electron chi connectivity index (χ4n) is 4.49. The van der Waals surface area contributed by atoms with Gasteiger partial charge in [-0.2, -0.15) is 0 Å². The zero-order chi connectivity index (χ0) is 19.8. The van der Waals surface area contributed by atoms with Crippen molar-refractivity contribution in [3.05, 3.63) is 71.9 Å². The van der Waals surface area contributed by atoms with Crippen LogP contribution in [0, 0.1) is 0 Å². The first kappa shape index (κ1) is 17.9. The Morgan fingerprint density at radius 3 is 2.59 bits per heavy atom. The Balaban J connectivity index is 1.39. The summed E-state index contributed by atoms with van der Waals surface area (Å²) in [5.74, 6) is -0.0190. The van der Waals surface area contributed by atoms with E-state index >= 15 is 0 Å². The van der Waals surface area contributed by atoms with Gasteiger partial charge >= 0.3 is 0 Å². The van der Waals surface area contributed by atoms with E-state index in [0.29, 0.717) is 13.1 Å². The molecule has 6 heteroatoms. The second-order valence-electron chi connectivity index (χ2n) is 7.84. The van der Waals surface area contributed by atoms with Gasteiger partial charge in [-0.15, -0.1) is 0 Å². The number of nitrogens with one attached hydrogen (secondary N) is 1. The first-order valence-electron chi connectivity index (χ1n) is 10.1. The fraction of sp³-hybridized carbons (Fsp3) is 0.304. The zero-order valence-electron chi connectivity index (χ0n) is 16.3. The predicted molar refractivity (Wildman–Crippen MR) is 111 cm³/mol. The lowest BCUT2D eigenvalue weighted by atomic mass is 10.1. The van der Waals surface area contributed by atoms with Crippen LogP contribution in [0.5, 0.6) is 0 Å². The third-order valence-corrected chi connectivity index (χ3v) is 5.96. The van der Waals surface area contributed by atoms with Gasteiger partial charge in [-0.1, -0.05) is 48.5 Å². The topological polar surface area (TPSA) is 57.6 Å². The van der Waals surface area contributed by atoms with Crippen molar-refractivity contribution in [2.75, 3.05) is 26.2 Å². The molecule has 2 amide bonds. The molecule has 29 heavy (non-hydrogen) atoms. The third kappa shape index (κ3) is 3.40. The number of fused-ring (bicyclic) bond motifs is 2. The Labute approximate surface area is 169 Å². The van der Waals surface area contributed by atoms with Gasteiger partial charge in [-0.25, -0.2) is 0 Å². The summed E-state index contributed by atoms with van der Waals surface area (Å²) >= 11 is 0. The second-order valence-corrected chi connectivity index (χ2v) is 7.84. The van der Waals surface area contributed by atoms with E-state index in [9.17, 15) is 9.59 Å². The largest absolute Gasteiger partial charge is 0.345 e. The molecule has 2 aromatic carbocycles. The average Bonchev–Trinajstić information content (AvgIpc) is 3.09. The summed E-state index contributed by atoms with van der Waals surface area (Å²) in [5, 5.41) is 3.96. The molecule has 0 bridgehead atoms. The van der Waals surface area contributed by atoms with Gasteiger partial charge < -0.3 is 14.8 Å². The molecule has 1 aromatic heterocycles. The van der Waals surface area contributed by atoms with Crippen LogP contribution in [-0.4, -0.2) is 58.4 Å². The average molecular weight is 388 g/mol. The smallest absolute Gasteiger partial charge is 0.244 e. The number of hydrogen-bond donors (Lipinski definition) is 1. The zero-order valence-corrected chi connectivity index (χ0v) is 16.3. The summed E-state index contributed by atoms with van der Waals surface area (Å²) in [5.41, 5.74) is 3.74. The van der Waals surface area contributed by atoms with Gasteiger partial charge in [0.15, 0.2) is 0 Å². The lowest BCUT2D eigenvalue weighted by Crippen LogP contribution is -2.65. The standard InChI is InChI=1S/C23H24N4O2/c28-22-12-24-23(29)21-16-25(10-11-27(21)22)14-18-15-26(13-17-6-2-1-3-7-17)20-9-5-4-8-19(18)20/h1-9,15,21H,10-14,16H2,(H,24,29). The maximum atomic E-state index is 12.3. The summed E-state index contributed by atoms with van der Waals surface area (Å²) < 4.78 is 2.30. The van der Waals surface area contributed by atoms with Crippen LogP contribution in [0.15, 0.2) is 60.8 Å². The van der Waals surface area contributed by atoms with Crippen molar-refractivity contribution in [1.29, 1.82) is 0 Å². The van der Waals surface area contributed by atoms with Gasteiger partial charge in [-0.3, -0.25) is 14.5 Å². The van der Waals surface area contributed by atoms with Crippen LogP contribution in [0.3, 0.4) is 0 Å². The molecule has 2 aliphatic rings. The number of carbonyl (C=O) groups excluding carboxylic acids is 2. The number of piperazine rings is 2. The van der Waals surface area contributed by atoms with Crippen molar-refractivity contribution in [2.24, 2.45) is 0 Å². The van der Waals surface area contributed by atoms with Crippen LogP contribution in [0.1, 0.15) is 11.1 Å². The molecular weight excluding hydrogens is 364 g/mol. The van der Waals surface area contributed by atoms with E-state index in [-0.39, 0.29) is 24.4 Å². The molecule has 1 unspecified atom stereocenters. The van der Waals surface area contributed by atoms with E-state index < -0.39 is 0 Å². The van der Waals surface area contributed by atoms with Crippen LogP contribution >= 0.6 is 0 Å². The quantitative estimate of drug-likeness (QED) is 0.742. The Kier molecular flexibility index (Phi) is 4.56. The number of carbonyl (C=O) groups is 2. The molecule has 3 aromatic rings. The van der Waals surface area contributed by atoms with Gasteiger partial charge in [0, 0.05) is 49.8 Å². The third-order valence-electron chi connectivity index (χ3n) is 5.96. The van der Waals surface area contributed by atoms with E-state index in [1.807, 2.05) is 6.07 Å². The molecule has 5 rings (SSSR count). The number of para-hydroxylation sites is 1. The molecule has 2 aliphatic heterocycles. The van der Waals surface area contributed by atoms with E-state index in [1.54, 1.807) is 4.90 Å². The second kappa shape index (κ2) is 7.37. The number of hydrogen-bond acceptors (Lipinski definition) is 3. The van der Waals surface area contributed by atoms with Gasteiger partial charge in [0.2, 0.25) is 11.8 Å². The number of amides is 2. The molecule has 2 saturated heterocycles. The van der Waals surface area contributed by atoms with Crippen molar-refractivity contribution >= 4 is 22.7 Å². The molecule has 3 heterocycles.